The van der Waals surface area contributed by atoms with Crippen LogP contribution in [0.3, 0.4) is 0 Å². The minimum Gasteiger partial charge on any atom is -0.469 e. The SMILES string of the molecule is COC(=O)[C@H]1[C@@H](OC(=O)c2ccccc2)C[C@@H]2CC[C@H]1N2C.[Zn]. The smallest absolute Gasteiger partial charge is 0.338 e. The van der Waals surface area contributed by atoms with E-state index in [0.717, 1.165) is 12.8 Å². The fourth-order valence-corrected chi connectivity index (χ4v) is 3.77. The van der Waals surface area contributed by atoms with Crippen LogP contribution in [0.4, 0.5) is 0 Å². The Bertz CT molecular complexity index is 565. The number of hydrogen-bond donors (Lipinski definition) is 0. The summed E-state index contributed by atoms with van der Waals surface area (Å²) in [5, 5.41) is 0. The Morgan fingerprint density at radius 3 is 2.52 bits per heavy atom. The molecule has 2 saturated heterocycles. The number of carbonyl (C=O) groups is 2. The van der Waals surface area contributed by atoms with Crippen LogP contribution in [0.5, 0.6) is 0 Å². The molecule has 0 amide bonds. The van der Waals surface area contributed by atoms with Crippen LogP contribution in [0, 0.1) is 5.92 Å². The monoisotopic (exact) mass is 367 g/mol. The molecule has 6 heteroatoms. The molecule has 23 heavy (non-hydrogen) atoms. The first-order chi connectivity index (χ1) is 10.6. The summed E-state index contributed by atoms with van der Waals surface area (Å²) in [6.07, 6.45) is 2.26. The van der Waals surface area contributed by atoms with E-state index in [-0.39, 0.29) is 37.5 Å². The molecule has 5 nitrogen and oxygen atoms in total. The number of methoxy groups -OCH3 is 1. The third kappa shape index (κ3) is 3.48. The molecule has 2 aliphatic rings. The molecule has 1 aromatic carbocycles. The number of rotatable bonds is 3. The predicted octanol–water partition coefficient (Wildman–Crippen LogP) is 1.87. The van der Waals surface area contributed by atoms with E-state index >= 15 is 0 Å². The summed E-state index contributed by atoms with van der Waals surface area (Å²) in [6.45, 7) is 0. The summed E-state index contributed by atoms with van der Waals surface area (Å²) >= 11 is 0. The average molecular weight is 369 g/mol. The average Bonchev–Trinajstić information content (AvgIpc) is 2.78. The molecule has 0 radical (unpaired) electrons. The topological polar surface area (TPSA) is 55.8 Å². The predicted molar refractivity (Wildman–Crippen MR) is 80.3 cm³/mol. The van der Waals surface area contributed by atoms with Crippen molar-refractivity contribution in [1.29, 1.82) is 0 Å². The van der Waals surface area contributed by atoms with Crippen LogP contribution in [0.15, 0.2) is 30.3 Å². The summed E-state index contributed by atoms with van der Waals surface area (Å²) in [5.74, 6) is -1.06. The number of nitrogens with zero attached hydrogens (tertiary/aromatic N) is 1. The van der Waals surface area contributed by atoms with Gasteiger partial charge in [0, 0.05) is 38.0 Å². The Hall–Kier alpha value is -1.26. The van der Waals surface area contributed by atoms with Gasteiger partial charge in [0.25, 0.3) is 0 Å². The second-order valence-corrected chi connectivity index (χ2v) is 6.06. The van der Waals surface area contributed by atoms with Crippen LogP contribution in [0.2, 0.25) is 0 Å². The summed E-state index contributed by atoms with van der Waals surface area (Å²) in [4.78, 5) is 26.7. The Labute approximate surface area is 149 Å². The zero-order valence-electron chi connectivity index (χ0n) is 13.6. The van der Waals surface area contributed by atoms with E-state index in [2.05, 4.69) is 4.90 Å². The zero-order chi connectivity index (χ0) is 15.7. The molecule has 120 valence electrons. The van der Waals surface area contributed by atoms with Crippen LogP contribution in [0.1, 0.15) is 29.6 Å². The Morgan fingerprint density at radius 2 is 1.87 bits per heavy atom. The van der Waals surface area contributed by atoms with E-state index in [1.165, 1.54) is 7.11 Å². The Balaban J connectivity index is 0.00000192. The maximum absolute atomic E-state index is 12.3. The maximum Gasteiger partial charge on any atom is 0.338 e. The second-order valence-electron chi connectivity index (χ2n) is 6.06. The summed E-state index contributed by atoms with van der Waals surface area (Å²) in [5.41, 5.74) is 0.511. The van der Waals surface area contributed by atoms with Gasteiger partial charge < -0.3 is 9.47 Å². The van der Waals surface area contributed by atoms with Crippen molar-refractivity contribution in [2.45, 2.75) is 37.5 Å². The van der Waals surface area contributed by atoms with Gasteiger partial charge in [0.2, 0.25) is 0 Å². The van der Waals surface area contributed by atoms with Crippen molar-refractivity contribution in [3.63, 3.8) is 0 Å². The normalized spacial score (nSPS) is 29.5. The summed E-state index contributed by atoms with van der Waals surface area (Å²) in [7, 11) is 3.42. The molecule has 2 aliphatic heterocycles. The molecule has 0 aromatic heterocycles. The molecular formula is C17H21NO4Zn. The molecule has 0 saturated carbocycles. The van der Waals surface area contributed by atoms with Crippen molar-refractivity contribution < 1.29 is 38.5 Å². The van der Waals surface area contributed by atoms with Crippen LogP contribution >= 0.6 is 0 Å². The van der Waals surface area contributed by atoms with E-state index in [1.54, 1.807) is 24.3 Å². The molecule has 3 rings (SSSR count). The fourth-order valence-electron chi connectivity index (χ4n) is 3.77. The fraction of sp³-hybridized carbons (Fsp3) is 0.529. The van der Waals surface area contributed by atoms with Crippen molar-refractivity contribution in [2.75, 3.05) is 14.2 Å². The number of benzene rings is 1. The van der Waals surface area contributed by atoms with Gasteiger partial charge in [-0.05, 0) is 32.0 Å². The van der Waals surface area contributed by atoms with Gasteiger partial charge in [-0.3, -0.25) is 9.69 Å². The molecule has 2 bridgehead atoms. The number of carbonyl (C=O) groups excluding carboxylic acids is 2. The van der Waals surface area contributed by atoms with Crippen LogP contribution in [0.25, 0.3) is 0 Å². The van der Waals surface area contributed by atoms with Gasteiger partial charge in [-0.15, -0.1) is 0 Å². The number of fused-ring (bicyclic) bond motifs is 2. The number of piperidine rings is 1. The van der Waals surface area contributed by atoms with E-state index in [0.29, 0.717) is 18.0 Å². The molecule has 0 aliphatic carbocycles. The Kier molecular flexibility index (Phi) is 5.93. The molecule has 2 heterocycles. The van der Waals surface area contributed by atoms with Crippen LogP contribution in [-0.4, -0.2) is 49.2 Å². The molecular weight excluding hydrogens is 348 g/mol. The summed E-state index contributed by atoms with van der Waals surface area (Å²) in [6, 6.07) is 9.36. The van der Waals surface area contributed by atoms with Gasteiger partial charge in [0.1, 0.15) is 12.0 Å². The Morgan fingerprint density at radius 1 is 1.17 bits per heavy atom. The third-order valence-electron chi connectivity index (χ3n) is 4.96. The molecule has 1 aromatic rings. The maximum atomic E-state index is 12.3. The van der Waals surface area contributed by atoms with Gasteiger partial charge >= 0.3 is 11.9 Å². The zero-order valence-corrected chi connectivity index (χ0v) is 16.6. The van der Waals surface area contributed by atoms with Crippen molar-refractivity contribution in [3.05, 3.63) is 35.9 Å². The van der Waals surface area contributed by atoms with E-state index < -0.39 is 12.0 Å². The van der Waals surface area contributed by atoms with E-state index in [9.17, 15) is 9.59 Å². The van der Waals surface area contributed by atoms with Crippen LogP contribution < -0.4 is 0 Å². The molecule has 0 unspecified atom stereocenters. The van der Waals surface area contributed by atoms with Gasteiger partial charge in [0.15, 0.2) is 0 Å². The number of ether oxygens (including phenoxy) is 2. The first kappa shape index (κ1) is 18.1. The minimum atomic E-state index is -0.408. The van der Waals surface area contributed by atoms with Gasteiger partial charge in [-0.25, -0.2) is 4.79 Å². The minimum absolute atomic E-state index is 0. The molecule has 0 spiro atoms. The quantitative estimate of drug-likeness (QED) is 0.602. The third-order valence-corrected chi connectivity index (χ3v) is 4.96. The largest absolute Gasteiger partial charge is 0.469 e. The van der Waals surface area contributed by atoms with Gasteiger partial charge in [0.05, 0.1) is 12.7 Å². The van der Waals surface area contributed by atoms with E-state index in [1.807, 2.05) is 13.1 Å². The van der Waals surface area contributed by atoms with Crippen molar-refractivity contribution in [2.24, 2.45) is 5.92 Å². The number of hydrogen-bond acceptors (Lipinski definition) is 5. The first-order valence-corrected chi connectivity index (χ1v) is 7.67. The van der Waals surface area contributed by atoms with Gasteiger partial charge in [-0.1, -0.05) is 18.2 Å². The standard InChI is InChI=1S/C17H21NO4.Zn/c1-18-12-8-9-13(18)15(17(20)21-2)14(10-12)22-16(19)11-6-4-3-5-7-11;/h3-7,12-15H,8-10H2,1-2H3;/t12-,13+,14-,15+;/m0./s1. The van der Waals surface area contributed by atoms with E-state index in [4.69, 9.17) is 9.47 Å². The first-order valence-electron chi connectivity index (χ1n) is 7.67. The number of esters is 2. The van der Waals surface area contributed by atoms with Crippen molar-refractivity contribution >= 4 is 11.9 Å². The summed E-state index contributed by atoms with van der Waals surface area (Å²) < 4.78 is 10.6. The molecule has 0 N–H and O–H groups in total. The van der Waals surface area contributed by atoms with Crippen molar-refractivity contribution in [1.82, 2.24) is 4.90 Å². The van der Waals surface area contributed by atoms with Crippen molar-refractivity contribution in [3.8, 4) is 0 Å². The second kappa shape index (κ2) is 7.54. The van der Waals surface area contributed by atoms with Crippen LogP contribution in [-0.2, 0) is 33.7 Å². The van der Waals surface area contributed by atoms with Gasteiger partial charge in [-0.2, -0.15) is 0 Å². The molecule has 4 atom stereocenters. The molecule has 2 fully saturated rings.